The average Bonchev–Trinajstić information content (AvgIpc) is 2.73. The number of ether oxygens (including phenoxy) is 1. The Balaban J connectivity index is 1.96. The number of carbonyl (C=O) groups is 2. The van der Waals surface area contributed by atoms with Crippen LogP contribution in [0.3, 0.4) is 0 Å². The molecule has 1 aromatic carbocycles. The van der Waals surface area contributed by atoms with Gasteiger partial charge in [-0.2, -0.15) is 5.26 Å². The monoisotopic (exact) mass is 426 g/mol. The molecule has 1 aliphatic heterocycles. The number of para-hydroxylation sites is 1. The molecule has 31 heavy (non-hydrogen) atoms. The molecule has 168 valence electrons. The van der Waals surface area contributed by atoms with Crippen molar-refractivity contribution in [2.45, 2.75) is 71.9 Å². The summed E-state index contributed by atoms with van der Waals surface area (Å²) in [6, 6.07) is 8.04. The minimum atomic E-state index is -0.516. The summed E-state index contributed by atoms with van der Waals surface area (Å²) in [5, 5.41) is 15.6. The number of rotatable bonds is 6. The Morgan fingerprint density at radius 1 is 1.19 bits per heavy atom. The van der Waals surface area contributed by atoms with Crippen molar-refractivity contribution >= 4 is 17.7 Å². The van der Waals surface area contributed by atoms with Crippen molar-refractivity contribution in [2.75, 3.05) is 18.4 Å². The molecule has 1 heterocycles. The number of nitriles is 1. The normalized spacial score (nSPS) is 15.2. The van der Waals surface area contributed by atoms with Gasteiger partial charge in [0.1, 0.15) is 17.2 Å². The Hall–Kier alpha value is -3.01. The number of hydrogen-bond donors (Lipinski definition) is 2. The minimum Gasteiger partial charge on any atom is -0.444 e. The van der Waals surface area contributed by atoms with Crippen LogP contribution in [0.1, 0.15) is 58.6 Å². The highest BCUT2D eigenvalue weighted by Crippen LogP contribution is 2.23. The van der Waals surface area contributed by atoms with Gasteiger partial charge in [0, 0.05) is 31.0 Å². The molecule has 2 rings (SSSR count). The second-order valence-corrected chi connectivity index (χ2v) is 8.69. The molecule has 1 aliphatic rings. The Labute approximate surface area is 185 Å². The van der Waals surface area contributed by atoms with Gasteiger partial charge in [0.2, 0.25) is 0 Å². The lowest BCUT2D eigenvalue weighted by atomic mass is 10.0. The van der Waals surface area contributed by atoms with Crippen molar-refractivity contribution in [1.82, 2.24) is 10.2 Å². The summed E-state index contributed by atoms with van der Waals surface area (Å²) in [6.07, 6.45) is 4.21. The lowest BCUT2D eigenvalue weighted by molar-refractivity contribution is -0.112. The topological polar surface area (TPSA) is 94.5 Å². The van der Waals surface area contributed by atoms with Crippen LogP contribution >= 0.6 is 0 Å². The summed E-state index contributed by atoms with van der Waals surface area (Å²) in [5.41, 5.74) is 2.41. The maximum atomic E-state index is 12.7. The largest absolute Gasteiger partial charge is 0.444 e. The first kappa shape index (κ1) is 24.3. The quantitative estimate of drug-likeness (QED) is 0.526. The van der Waals surface area contributed by atoms with Gasteiger partial charge >= 0.3 is 6.09 Å². The highest BCUT2D eigenvalue weighted by molar-refractivity contribution is 6.07. The average molecular weight is 427 g/mol. The van der Waals surface area contributed by atoms with Gasteiger partial charge < -0.3 is 20.3 Å². The molecule has 1 fully saturated rings. The molecule has 0 saturated carbocycles. The van der Waals surface area contributed by atoms with Gasteiger partial charge in [0.05, 0.1) is 0 Å². The Bertz CT molecular complexity index is 834. The van der Waals surface area contributed by atoms with E-state index in [1.165, 1.54) is 6.20 Å². The van der Waals surface area contributed by atoms with Crippen molar-refractivity contribution in [2.24, 2.45) is 0 Å². The molecule has 2 amide bonds. The first-order valence-electron chi connectivity index (χ1n) is 10.9. The first-order chi connectivity index (χ1) is 14.7. The number of benzene rings is 1. The highest BCUT2D eigenvalue weighted by Gasteiger charge is 2.26. The van der Waals surface area contributed by atoms with Crippen LogP contribution in [-0.4, -0.2) is 41.6 Å². The Kier molecular flexibility index (Phi) is 8.49. The van der Waals surface area contributed by atoms with Crippen LogP contribution in [0, 0.1) is 11.3 Å². The molecule has 7 heteroatoms. The number of hydrogen-bond acceptors (Lipinski definition) is 5. The number of nitrogens with one attached hydrogen (secondary N) is 2. The second kappa shape index (κ2) is 10.9. The molecule has 0 spiro atoms. The molecule has 0 atom stereocenters. The van der Waals surface area contributed by atoms with Crippen LogP contribution in [0.4, 0.5) is 10.5 Å². The predicted octanol–water partition coefficient (Wildman–Crippen LogP) is 4.15. The molecule has 0 unspecified atom stereocenters. The maximum absolute atomic E-state index is 12.7. The third-order valence-corrected chi connectivity index (χ3v) is 5.21. The number of anilines is 1. The van der Waals surface area contributed by atoms with E-state index in [1.807, 2.05) is 58.9 Å². The summed E-state index contributed by atoms with van der Waals surface area (Å²) in [6.45, 7) is 10.8. The van der Waals surface area contributed by atoms with Gasteiger partial charge in [0.15, 0.2) is 0 Å². The van der Waals surface area contributed by atoms with Gasteiger partial charge in [-0.1, -0.05) is 32.0 Å². The standard InChI is InChI=1S/C24H34N4O3/c1-6-17-9-8-10-18(7-2)21(17)27-22(29)19(15-25)16-26-20-11-13-28(14-12-20)23(30)31-24(3,4)5/h8-10,16,20,26H,6-7,11-14H2,1-5H3,(H,27,29)/b19-16-. The molecule has 0 radical (unpaired) electrons. The third kappa shape index (κ3) is 7.02. The first-order valence-corrected chi connectivity index (χ1v) is 10.9. The SMILES string of the molecule is CCc1cccc(CC)c1NC(=O)/C(C#N)=C\NC1CCN(C(=O)OC(C)(C)C)CC1. The number of piperidine rings is 1. The van der Waals surface area contributed by atoms with Gasteiger partial charge in [0.25, 0.3) is 5.91 Å². The van der Waals surface area contributed by atoms with E-state index in [0.29, 0.717) is 25.9 Å². The molecule has 1 aromatic rings. The van der Waals surface area contributed by atoms with E-state index in [1.54, 1.807) is 4.90 Å². The summed E-state index contributed by atoms with van der Waals surface area (Å²) in [4.78, 5) is 26.6. The number of likely N-dealkylation sites (tertiary alicyclic amines) is 1. The van der Waals surface area contributed by atoms with Crippen molar-refractivity contribution in [3.8, 4) is 6.07 Å². The molecule has 0 aliphatic carbocycles. The minimum absolute atomic E-state index is 0.0301. The fraction of sp³-hybridized carbons (Fsp3) is 0.542. The fourth-order valence-electron chi connectivity index (χ4n) is 3.49. The maximum Gasteiger partial charge on any atom is 0.410 e. The van der Waals surface area contributed by atoms with Crippen LogP contribution in [0.2, 0.25) is 0 Å². The molecule has 2 N–H and O–H groups in total. The van der Waals surface area contributed by atoms with E-state index in [4.69, 9.17) is 4.74 Å². The number of aryl methyl sites for hydroxylation is 2. The fourth-order valence-corrected chi connectivity index (χ4v) is 3.49. The van der Waals surface area contributed by atoms with E-state index < -0.39 is 11.5 Å². The van der Waals surface area contributed by atoms with E-state index in [-0.39, 0.29) is 17.7 Å². The zero-order chi connectivity index (χ0) is 23.0. The van der Waals surface area contributed by atoms with Gasteiger partial charge in [-0.15, -0.1) is 0 Å². The molecule has 1 saturated heterocycles. The van der Waals surface area contributed by atoms with Crippen molar-refractivity contribution in [3.05, 3.63) is 41.1 Å². The summed E-state index contributed by atoms with van der Waals surface area (Å²) >= 11 is 0. The number of carbonyl (C=O) groups excluding carboxylic acids is 2. The lowest BCUT2D eigenvalue weighted by Gasteiger charge is -2.33. The van der Waals surface area contributed by atoms with Crippen molar-refractivity contribution in [1.29, 1.82) is 5.26 Å². The van der Waals surface area contributed by atoms with Crippen LogP contribution in [0.5, 0.6) is 0 Å². The molecule has 0 bridgehead atoms. The van der Waals surface area contributed by atoms with Gasteiger partial charge in [-0.25, -0.2) is 4.79 Å². The predicted molar refractivity (Wildman–Crippen MR) is 121 cm³/mol. The van der Waals surface area contributed by atoms with Crippen molar-refractivity contribution in [3.63, 3.8) is 0 Å². The second-order valence-electron chi connectivity index (χ2n) is 8.69. The Morgan fingerprint density at radius 2 is 1.77 bits per heavy atom. The zero-order valence-corrected chi connectivity index (χ0v) is 19.2. The van der Waals surface area contributed by atoms with E-state index in [2.05, 4.69) is 10.6 Å². The molecular weight excluding hydrogens is 392 g/mol. The Morgan fingerprint density at radius 3 is 2.26 bits per heavy atom. The lowest BCUT2D eigenvalue weighted by Crippen LogP contribution is -2.45. The number of nitrogens with zero attached hydrogens (tertiary/aromatic N) is 2. The number of amides is 2. The van der Waals surface area contributed by atoms with Crippen LogP contribution in [0.15, 0.2) is 30.0 Å². The van der Waals surface area contributed by atoms with Gasteiger partial charge in [-0.05, 0) is 57.6 Å². The van der Waals surface area contributed by atoms with Crippen LogP contribution in [-0.2, 0) is 22.4 Å². The summed E-state index contributed by atoms with van der Waals surface area (Å²) < 4.78 is 5.41. The van der Waals surface area contributed by atoms with Crippen LogP contribution < -0.4 is 10.6 Å². The molecule has 0 aromatic heterocycles. The third-order valence-electron chi connectivity index (χ3n) is 5.21. The van der Waals surface area contributed by atoms with Gasteiger partial charge in [-0.3, -0.25) is 4.79 Å². The van der Waals surface area contributed by atoms with E-state index in [9.17, 15) is 14.9 Å². The summed E-state index contributed by atoms with van der Waals surface area (Å²) in [7, 11) is 0. The van der Waals surface area contributed by atoms with E-state index in [0.717, 1.165) is 29.7 Å². The summed E-state index contributed by atoms with van der Waals surface area (Å²) in [5.74, 6) is -0.420. The molecular formula is C24H34N4O3. The molecule has 7 nitrogen and oxygen atoms in total. The van der Waals surface area contributed by atoms with Crippen LogP contribution in [0.25, 0.3) is 0 Å². The van der Waals surface area contributed by atoms with E-state index >= 15 is 0 Å². The smallest absolute Gasteiger partial charge is 0.410 e. The van der Waals surface area contributed by atoms with Crippen molar-refractivity contribution < 1.29 is 14.3 Å². The highest BCUT2D eigenvalue weighted by atomic mass is 16.6. The zero-order valence-electron chi connectivity index (χ0n) is 19.2.